The number of thiophene rings is 1. The van der Waals surface area contributed by atoms with Crippen LogP contribution in [0.2, 0.25) is 0 Å². The van der Waals surface area contributed by atoms with Crippen LogP contribution in [0.1, 0.15) is 32.6 Å². The van der Waals surface area contributed by atoms with Gasteiger partial charge in [-0.2, -0.15) is 4.98 Å². The molecule has 2 heterocycles. The minimum atomic E-state index is 0.376. The van der Waals surface area contributed by atoms with E-state index in [1.165, 1.54) is 25.7 Å². The zero-order valence-corrected chi connectivity index (χ0v) is 12.3. The van der Waals surface area contributed by atoms with Gasteiger partial charge in [-0.25, -0.2) is 4.98 Å². The first-order chi connectivity index (χ1) is 9.15. The van der Waals surface area contributed by atoms with Crippen LogP contribution in [0.25, 0.3) is 10.2 Å². The molecule has 0 spiro atoms. The van der Waals surface area contributed by atoms with Crippen LogP contribution >= 0.6 is 11.3 Å². The summed E-state index contributed by atoms with van der Waals surface area (Å²) in [5.74, 6) is 2.23. The van der Waals surface area contributed by atoms with Gasteiger partial charge >= 0.3 is 0 Å². The predicted molar refractivity (Wildman–Crippen MR) is 81.7 cm³/mol. The predicted octanol–water partition coefficient (Wildman–Crippen LogP) is 3.29. The lowest BCUT2D eigenvalue weighted by atomic mass is 9.87. The fourth-order valence-electron chi connectivity index (χ4n) is 2.93. The SMILES string of the molecule is CC1CCC(N(C)c2nc(N)nc3sccc23)CC1. The Balaban J connectivity index is 1.92. The Hall–Kier alpha value is -1.36. The summed E-state index contributed by atoms with van der Waals surface area (Å²) in [6.07, 6.45) is 5.10. The highest BCUT2D eigenvalue weighted by Gasteiger charge is 2.24. The van der Waals surface area contributed by atoms with Crippen LogP contribution in [0.5, 0.6) is 0 Å². The van der Waals surface area contributed by atoms with Crippen molar-refractivity contribution in [1.82, 2.24) is 9.97 Å². The van der Waals surface area contributed by atoms with Crippen molar-refractivity contribution in [1.29, 1.82) is 0 Å². The van der Waals surface area contributed by atoms with E-state index >= 15 is 0 Å². The third-order valence-electron chi connectivity index (χ3n) is 4.19. The van der Waals surface area contributed by atoms with Gasteiger partial charge in [0, 0.05) is 13.1 Å². The van der Waals surface area contributed by atoms with Crippen LogP contribution in [-0.4, -0.2) is 23.1 Å². The van der Waals surface area contributed by atoms with E-state index in [-0.39, 0.29) is 0 Å². The lowest BCUT2D eigenvalue weighted by molar-refractivity contribution is 0.340. The van der Waals surface area contributed by atoms with Crippen LogP contribution in [0.4, 0.5) is 11.8 Å². The summed E-state index contributed by atoms with van der Waals surface area (Å²) in [6, 6.07) is 2.67. The Morgan fingerprint density at radius 1 is 1.26 bits per heavy atom. The topological polar surface area (TPSA) is 55.0 Å². The third-order valence-corrected chi connectivity index (χ3v) is 5.00. The standard InChI is InChI=1S/C14H20N4S/c1-9-3-5-10(6-4-9)18(2)12-11-7-8-19-13(11)17-14(15)16-12/h7-10H,3-6H2,1-2H3,(H2,15,16,17). The van der Waals surface area contributed by atoms with E-state index in [0.717, 1.165) is 22.0 Å². The summed E-state index contributed by atoms with van der Waals surface area (Å²) in [6.45, 7) is 2.34. The van der Waals surface area contributed by atoms with Gasteiger partial charge in [0.2, 0.25) is 5.95 Å². The zero-order valence-electron chi connectivity index (χ0n) is 11.5. The van der Waals surface area contributed by atoms with Gasteiger partial charge < -0.3 is 10.6 Å². The third kappa shape index (κ3) is 2.39. The highest BCUT2D eigenvalue weighted by Crippen LogP contribution is 2.33. The van der Waals surface area contributed by atoms with Gasteiger partial charge in [-0.15, -0.1) is 11.3 Å². The van der Waals surface area contributed by atoms with Crippen LogP contribution in [0.3, 0.4) is 0 Å². The van der Waals surface area contributed by atoms with Crippen molar-refractivity contribution >= 4 is 33.3 Å². The van der Waals surface area contributed by atoms with E-state index in [9.17, 15) is 0 Å². The fraction of sp³-hybridized carbons (Fsp3) is 0.571. The quantitative estimate of drug-likeness (QED) is 0.914. The van der Waals surface area contributed by atoms with Crippen LogP contribution < -0.4 is 10.6 Å². The minimum absolute atomic E-state index is 0.376. The molecule has 5 heteroatoms. The van der Waals surface area contributed by atoms with Gasteiger partial charge in [-0.3, -0.25) is 0 Å². The van der Waals surface area contributed by atoms with Gasteiger partial charge in [0.25, 0.3) is 0 Å². The number of hydrogen-bond acceptors (Lipinski definition) is 5. The first-order valence-electron chi connectivity index (χ1n) is 6.88. The smallest absolute Gasteiger partial charge is 0.223 e. The van der Waals surface area contributed by atoms with Crippen molar-refractivity contribution in [3.8, 4) is 0 Å². The van der Waals surface area contributed by atoms with E-state index in [1.54, 1.807) is 11.3 Å². The molecule has 1 fully saturated rings. The molecule has 0 aliphatic heterocycles. The Bertz CT molecular complexity index is 572. The molecule has 3 rings (SSSR count). The molecule has 19 heavy (non-hydrogen) atoms. The van der Waals surface area contributed by atoms with Crippen LogP contribution in [0, 0.1) is 5.92 Å². The largest absolute Gasteiger partial charge is 0.368 e. The maximum absolute atomic E-state index is 5.83. The minimum Gasteiger partial charge on any atom is -0.368 e. The maximum Gasteiger partial charge on any atom is 0.223 e. The van der Waals surface area contributed by atoms with E-state index in [1.807, 2.05) is 0 Å². The first kappa shape index (κ1) is 12.7. The van der Waals surface area contributed by atoms with Crippen molar-refractivity contribution in [3.63, 3.8) is 0 Å². The molecule has 0 atom stereocenters. The molecular formula is C14H20N4S. The lowest BCUT2D eigenvalue weighted by Crippen LogP contribution is -2.35. The number of rotatable bonds is 2. The molecule has 0 saturated heterocycles. The number of nitrogens with two attached hydrogens (primary N) is 1. The molecule has 1 aliphatic rings. The van der Waals surface area contributed by atoms with Crippen molar-refractivity contribution in [2.75, 3.05) is 17.7 Å². The van der Waals surface area contributed by atoms with E-state index in [0.29, 0.717) is 12.0 Å². The molecule has 102 valence electrons. The molecular weight excluding hydrogens is 256 g/mol. The van der Waals surface area contributed by atoms with Crippen LogP contribution in [-0.2, 0) is 0 Å². The molecule has 0 radical (unpaired) electrons. The number of nitrogens with zero attached hydrogens (tertiary/aromatic N) is 3. The van der Waals surface area contributed by atoms with Crippen molar-refractivity contribution < 1.29 is 0 Å². The fourth-order valence-corrected chi connectivity index (χ4v) is 3.69. The molecule has 1 aliphatic carbocycles. The molecule has 2 N–H and O–H groups in total. The second kappa shape index (κ2) is 4.96. The number of nitrogen functional groups attached to an aromatic ring is 1. The van der Waals surface area contributed by atoms with Gasteiger partial charge in [0.05, 0.1) is 5.39 Å². The summed E-state index contributed by atoms with van der Waals surface area (Å²) >= 11 is 1.62. The maximum atomic E-state index is 5.83. The summed E-state index contributed by atoms with van der Waals surface area (Å²) < 4.78 is 0. The summed E-state index contributed by atoms with van der Waals surface area (Å²) in [7, 11) is 2.14. The summed E-state index contributed by atoms with van der Waals surface area (Å²) in [5, 5.41) is 3.18. The highest BCUT2D eigenvalue weighted by atomic mass is 32.1. The van der Waals surface area contributed by atoms with E-state index in [2.05, 4.69) is 40.3 Å². The Morgan fingerprint density at radius 2 is 2.00 bits per heavy atom. The lowest BCUT2D eigenvalue weighted by Gasteiger charge is -2.34. The van der Waals surface area contributed by atoms with Crippen molar-refractivity contribution in [3.05, 3.63) is 11.4 Å². The van der Waals surface area contributed by atoms with Gasteiger partial charge in [0.15, 0.2) is 0 Å². The van der Waals surface area contributed by atoms with Crippen molar-refractivity contribution in [2.45, 2.75) is 38.6 Å². The molecule has 0 unspecified atom stereocenters. The van der Waals surface area contributed by atoms with E-state index in [4.69, 9.17) is 5.73 Å². The Kier molecular flexibility index (Phi) is 3.31. The zero-order chi connectivity index (χ0) is 13.4. The van der Waals surface area contributed by atoms with Crippen molar-refractivity contribution in [2.24, 2.45) is 5.92 Å². The number of hydrogen-bond donors (Lipinski definition) is 1. The Labute approximate surface area is 117 Å². The second-order valence-electron chi connectivity index (χ2n) is 5.57. The number of anilines is 2. The number of fused-ring (bicyclic) bond motifs is 1. The average Bonchev–Trinajstić information content (AvgIpc) is 2.85. The summed E-state index contributed by atoms with van der Waals surface area (Å²) in [5.41, 5.74) is 5.83. The molecule has 0 amide bonds. The molecule has 0 bridgehead atoms. The highest BCUT2D eigenvalue weighted by molar-refractivity contribution is 7.16. The molecule has 4 nitrogen and oxygen atoms in total. The molecule has 2 aromatic heterocycles. The molecule has 0 aromatic carbocycles. The number of aromatic nitrogens is 2. The average molecular weight is 276 g/mol. The van der Waals surface area contributed by atoms with Gasteiger partial charge in [-0.05, 0) is 43.0 Å². The van der Waals surface area contributed by atoms with Gasteiger partial charge in [-0.1, -0.05) is 6.92 Å². The molecule has 1 saturated carbocycles. The monoisotopic (exact) mass is 276 g/mol. The second-order valence-corrected chi connectivity index (χ2v) is 6.46. The van der Waals surface area contributed by atoms with E-state index < -0.39 is 0 Å². The van der Waals surface area contributed by atoms with Gasteiger partial charge in [0.1, 0.15) is 10.6 Å². The summed E-state index contributed by atoms with van der Waals surface area (Å²) in [4.78, 5) is 12.1. The first-order valence-corrected chi connectivity index (χ1v) is 7.76. The Morgan fingerprint density at radius 3 is 2.74 bits per heavy atom. The molecule has 2 aromatic rings. The van der Waals surface area contributed by atoms with Crippen LogP contribution in [0.15, 0.2) is 11.4 Å². The normalized spacial score (nSPS) is 23.7.